The maximum atomic E-state index is 7.59. The molecule has 0 fully saturated rings. The molecule has 1 aliphatic heterocycles. The van der Waals surface area contributed by atoms with Gasteiger partial charge in [-0.1, -0.05) is 176 Å². The Morgan fingerprint density at radius 3 is 1.63 bits per heavy atom. The van der Waals surface area contributed by atoms with E-state index in [-0.39, 0.29) is 0 Å². The standard InChI is InChI=1S/C56H33N3O/c1-3-14-34(15-4-1)47-32-28-36-26-27-37-29-33-49(59-53(37)52(36)57-47)41-21-13-24-45-54(41)60-55-46(56(45)43-22-10-7-18-38(43)39-19-8-11-23-44(39)56)31-30-42-50(55)40-20-9-12-25-48(40)58-51(42)35-16-5-2-6-17-35/h1-33H. The van der Waals surface area contributed by atoms with Crippen molar-refractivity contribution in [3.05, 3.63) is 222 Å². The Kier molecular flexibility index (Phi) is 6.90. The summed E-state index contributed by atoms with van der Waals surface area (Å²) in [5, 5.41) is 5.23. The minimum atomic E-state index is -0.673. The summed E-state index contributed by atoms with van der Waals surface area (Å²) in [5.74, 6) is 1.64. The molecule has 60 heavy (non-hydrogen) atoms. The number of pyridine rings is 3. The topological polar surface area (TPSA) is 47.9 Å². The van der Waals surface area contributed by atoms with Gasteiger partial charge in [0.2, 0.25) is 0 Å². The summed E-state index contributed by atoms with van der Waals surface area (Å²) in [4.78, 5) is 16.0. The molecule has 11 aromatic rings. The number of ether oxygens (including phenoxy) is 1. The number of fused-ring (bicyclic) bond motifs is 16. The lowest BCUT2D eigenvalue weighted by atomic mass is 9.65. The van der Waals surface area contributed by atoms with Crippen molar-refractivity contribution in [2.75, 3.05) is 0 Å². The largest absolute Gasteiger partial charge is 0.455 e. The van der Waals surface area contributed by atoms with Crippen molar-refractivity contribution in [3.63, 3.8) is 0 Å². The monoisotopic (exact) mass is 763 g/mol. The zero-order chi connectivity index (χ0) is 39.4. The van der Waals surface area contributed by atoms with Crippen LogP contribution in [0, 0.1) is 0 Å². The third-order valence-electron chi connectivity index (χ3n) is 12.7. The highest BCUT2D eigenvalue weighted by Crippen LogP contribution is 2.64. The van der Waals surface area contributed by atoms with Crippen LogP contribution in [0.25, 0.3) is 88.4 Å². The summed E-state index contributed by atoms with van der Waals surface area (Å²) in [5.41, 5.74) is 14.9. The van der Waals surface area contributed by atoms with Crippen LogP contribution >= 0.6 is 0 Å². The Bertz CT molecular complexity index is 3530. The summed E-state index contributed by atoms with van der Waals surface area (Å²) >= 11 is 0. The number of aromatic nitrogens is 3. The highest BCUT2D eigenvalue weighted by Gasteiger charge is 2.52. The summed E-state index contributed by atoms with van der Waals surface area (Å²) in [6.45, 7) is 0. The van der Waals surface area contributed by atoms with Crippen molar-refractivity contribution in [3.8, 4) is 56.4 Å². The molecule has 1 aliphatic carbocycles. The molecule has 2 aliphatic rings. The fraction of sp³-hybridized carbons (Fsp3) is 0.0179. The number of benzene rings is 8. The Morgan fingerprint density at radius 1 is 0.350 bits per heavy atom. The second-order valence-corrected chi connectivity index (χ2v) is 15.8. The van der Waals surface area contributed by atoms with Crippen LogP contribution in [-0.2, 0) is 5.41 Å². The molecule has 0 atom stereocenters. The van der Waals surface area contributed by atoms with E-state index >= 15 is 0 Å². The second kappa shape index (κ2) is 12.5. The van der Waals surface area contributed by atoms with Crippen LogP contribution in [-0.4, -0.2) is 15.0 Å². The molecular weight excluding hydrogens is 731 g/mol. The van der Waals surface area contributed by atoms with E-state index in [2.05, 4.69) is 194 Å². The normalized spacial score (nSPS) is 13.3. The van der Waals surface area contributed by atoms with Gasteiger partial charge in [0.15, 0.2) is 0 Å². The Morgan fingerprint density at radius 2 is 0.900 bits per heavy atom. The molecule has 0 amide bonds. The molecule has 0 N–H and O–H groups in total. The van der Waals surface area contributed by atoms with E-state index in [1.807, 2.05) is 6.07 Å². The van der Waals surface area contributed by atoms with Crippen molar-refractivity contribution in [1.29, 1.82) is 0 Å². The van der Waals surface area contributed by atoms with Crippen molar-refractivity contribution in [2.45, 2.75) is 5.41 Å². The van der Waals surface area contributed by atoms with Gasteiger partial charge in [-0.25, -0.2) is 15.0 Å². The van der Waals surface area contributed by atoms with Gasteiger partial charge in [0.1, 0.15) is 11.5 Å². The minimum Gasteiger partial charge on any atom is -0.455 e. The van der Waals surface area contributed by atoms with Gasteiger partial charge < -0.3 is 4.74 Å². The Labute approximate surface area is 346 Å². The number of hydrogen-bond donors (Lipinski definition) is 0. The highest BCUT2D eigenvalue weighted by molar-refractivity contribution is 6.15. The van der Waals surface area contributed by atoms with E-state index in [0.717, 1.165) is 99.9 Å². The van der Waals surface area contributed by atoms with Crippen LogP contribution < -0.4 is 4.74 Å². The van der Waals surface area contributed by atoms with Crippen LogP contribution in [0.1, 0.15) is 22.3 Å². The number of hydrogen-bond acceptors (Lipinski definition) is 4. The van der Waals surface area contributed by atoms with E-state index in [9.17, 15) is 0 Å². The van der Waals surface area contributed by atoms with Gasteiger partial charge in [-0.2, -0.15) is 0 Å². The van der Waals surface area contributed by atoms with E-state index in [1.165, 1.54) is 22.3 Å². The van der Waals surface area contributed by atoms with Crippen LogP contribution in [0.5, 0.6) is 11.5 Å². The zero-order valence-electron chi connectivity index (χ0n) is 32.3. The van der Waals surface area contributed by atoms with E-state index in [1.54, 1.807) is 0 Å². The molecule has 278 valence electrons. The molecule has 0 bridgehead atoms. The molecule has 0 saturated carbocycles. The smallest absolute Gasteiger partial charge is 0.141 e. The summed E-state index contributed by atoms with van der Waals surface area (Å²) < 4.78 is 7.59. The summed E-state index contributed by atoms with van der Waals surface area (Å²) in [7, 11) is 0. The summed E-state index contributed by atoms with van der Waals surface area (Å²) in [6.07, 6.45) is 0. The highest BCUT2D eigenvalue weighted by atomic mass is 16.5. The molecule has 4 heteroatoms. The lowest BCUT2D eigenvalue weighted by Crippen LogP contribution is -2.32. The van der Waals surface area contributed by atoms with Crippen molar-refractivity contribution in [2.24, 2.45) is 0 Å². The first kappa shape index (κ1) is 33.1. The van der Waals surface area contributed by atoms with Crippen LogP contribution in [0.2, 0.25) is 0 Å². The van der Waals surface area contributed by atoms with Crippen LogP contribution in [0.15, 0.2) is 200 Å². The van der Waals surface area contributed by atoms with Crippen molar-refractivity contribution >= 4 is 43.5 Å². The Hall–Kier alpha value is -7.95. The van der Waals surface area contributed by atoms with Crippen LogP contribution in [0.3, 0.4) is 0 Å². The van der Waals surface area contributed by atoms with Gasteiger partial charge in [0, 0.05) is 54.7 Å². The van der Waals surface area contributed by atoms with E-state index < -0.39 is 5.41 Å². The predicted molar refractivity (Wildman–Crippen MR) is 244 cm³/mol. The number of rotatable bonds is 3. The third-order valence-corrected chi connectivity index (χ3v) is 12.7. The summed E-state index contributed by atoms with van der Waals surface area (Å²) in [6, 6.07) is 71.1. The lowest BCUT2D eigenvalue weighted by Gasteiger charge is -2.40. The molecule has 3 aromatic heterocycles. The number of para-hydroxylation sites is 2. The van der Waals surface area contributed by atoms with Crippen molar-refractivity contribution in [1.82, 2.24) is 15.0 Å². The van der Waals surface area contributed by atoms with Crippen LogP contribution in [0.4, 0.5) is 0 Å². The molecule has 0 unspecified atom stereocenters. The molecule has 13 rings (SSSR count). The quantitative estimate of drug-likeness (QED) is 0.168. The lowest BCUT2D eigenvalue weighted by molar-refractivity contribution is 0.443. The average molecular weight is 764 g/mol. The number of nitrogens with zero attached hydrogens (tertiary/aromatic N) is 3. The van der Waals surface area contributed by atoms with Gasteiger partial charge in [-0.3, -0.25) is 0 Å². The predicted octanol–water partition coefficient (Wildman–Crippen LogP) is 14.0. The van der Waals surface area contributed by atoms with Crippen molar-refractivity contribution < 1.29 is 4.74 Å². The fourth-order valence-corrected chi connectivity index (χ4v) is 10.1. The average Bonchev–Trinajstić information content (AvgIpc) is 3.61. The van der Waals surface area contributed by atoms with Gasteiger partial charge >= 0.3 is 0 Å². The first-order valence-corrected chi connectivity index (χ1v) is 20.4. The molecule has 4 heterocycles. The zero-order valence-corrected chi connectivity index (χ0v) is 32.3. The first-order valence-electron chi connectivity index (χ1n) is 20.4. The maximum Gasteiger partial charge on any atom is 0.141 e. The molecule has 0 saturated heterocycles. The molecule has 8 aromatic carbocycles. The molecule has 4 nitrogen and oxygen atoms in total. The van der Waals surface area contributed by atoms with E-state index in [0.29, 0.717) is 0 Å². The first-order chi connectivity index (χ1) is 29.8. The van der Waals surface area contributed by atoms with Gasteiger partial charge in [0.25, 0.3) is 0 Å². The van der Waals surface area contributed by atoms with E-state index in [4.69, 9.17) is 19.7 Å². The second-order valence-electron chi connectivity index (χ2n) is 15.8. The van der Waals surface area contributed by atoms with Gasteiger partial charge in [-0.15, -0.1) is 0 Å². The molecular formula is C56H33N3O. The SMILES string of the molecule is c1ccc(-c2ccc3ccc4ccc(-c5cccc6c5Oc5c(ccc7c(-c8ccccc8)nc8ccccc8c57)C65c6ccccc6-c6ccccc65)nc4c3n2)cc1. The molecule has 1 spiro atoms. The molecule has 0 radical (unpaired) electrons. The fourth-order valence-electron chi connectivity index (χ4n) is 10.1. The maximum absolute atomic E-state index is 7.59. The van der Waals surface area contributed by atoms with Gasteiger partial charge in [0.05, 0.1) is 39.0 Å². The van der Waals surface area contributed by atoms with Gasteiger partial charge in [-0.05, 0) is 46.5 Å². The Balaban J connectivity index is 1.14. The minimum absolute atomic E-state index is 0.673. The third kappa shape index (κ3) is 4.53.